The van der Waals surface area contributed by atoms with Gasteiger partial charge >= 0.3 is 0 Å². The topological polar surface area (TPSA) is 12.0 Å². The molecular formula is C16H25N. The summed E-state index contributed by atoms with van der Waals surface area (Å²) < 4.78 is 0. The molecule has 1 fully saturated rings. The highest BCUT2D eigenvalue weighted by Crippen LogP contribution is 2.45. The Morgan fingerprint density at radius 3 is 2.06 bits per heavy atom. The third-order valence-electron chi connectivity index (χ3n) is 4.14. The molecule has 1 nitrogen and oxygen atoms in total. The molecule has 2 unspecified atom stereocenters. The zero-order valence-electron chi connectivity index (χ0n) is 12.0. The van der Waals surface area contributed by atoms with Crippen molar-refractivity contribution < 1.29 is 0 Å². The Kier molecular flexibility index (Phi) is 3.07. The van der Waals surface area contributed by atoms with Gasteiger partial charge in [0.2, 0.25) is 0 Å². The smallest absolute Gasteiger partial charge is 0.0299 e. The summed E-state index contributed by atoms with van der Waals surface area (Å²) in [6.45, 7) is 13.6. The highest BCUT2D eigenvalue weighted by atomic mass is 15.0. The molecule has 1 aliphatic carbocycles. The summed E-state index contributed by atoms with van der Waals surface area (Å²) in [5.41, 5.74) is 6.18. The molecule has 1 N–H and O–H groups in total. The average Bonchev–Trinajstić information content (AvgIpc) is 2.70. The van der Waals surface area contributed by atoms with Gasteiger partial charge in [0.15, 0.2) is 0 Å². The normalized spacial score (nSPS) is 23.5. The number of nitrogens with one attached hydrogen (secondary N) is 1. The van der Waals surface area contributed by atoms with Gasteiger partial charge in [-0.1, -0.05) is 31.5 Å². The van der Waals surface area contributed by atoms with Gasteiger partial charge in [-0.15, -0.1) is 0 Å². The van der Waals surface area contributed by atoms with E-state index in [1.54, 1.807) is 0 Å². The van der Waals surface area contributed by atoms with E-state index in [4.69, 9.17) is 0 Å². The van der Waals surface area contributed by atoms with Gasteiger partial charge in [0.25, 0.3) is 0 Å². The molecule has 0 bridgehead atoms. The Morgan fingerprint density at radius 1 is 1.18 bits per heavy atom. The molecule has 0 heterocycles. The maximum atomic E-state index is 3.76. The molecule has 2 atom stereocenters. The van der Waals surface area contributed by atoms with Gasteiger partial charge in [-0.2, -0.15) is 0 Å². The molecule has 2 rings (SSSR count). The van der Waals surface area contributed by atoms with Crippen molar-refractivity contribution >= 4 is 0 Å². The summed E-state index contributed by atoms with van der Waals surface area (Å²) in [6.07, 6.45) is 1.31. The largest absolute Gasteiger partial charge is 0.307 e. The average molecular weight is 231 g/mol. The Morgan fingerprint density at radius 2 is 1.65 bits per heavy atom. The molecular weight excluding hydrogens is 206 g/mol. The van der Waals surface area contributed by atoms with Crippen LogP contribution in [-0.4, -0.2) is 6.04 Å². The van der Waals surface area contributed by atoms with Crippen LogP contribution in [0.4, 0.5) is 0 Å². The van der Waals surface area contributed by atoms with E-state index in [0.717, 1.165) is 0 Å². The van der Waals surface area contributed by atoms with Crippen molar-refractivity contribution in [2.24, 2.45) is 5.41 Å². The second kappa shape index (κ2) is 4.13. The predicted molar refractivity (Wildman–Crippen MR) is 74.4 cm³/mol. The minimum atomic E-state index is 0.461. The standard InChI is InChI=1S/C16H25N/c1-10-7-11(2)15(12(3)8-10)13(4)17-14-9-16(14,5)6/h7-8,13-14,17H,9H2,1-6H3. The van der Waals surface area contributed by atoms with Gasteiger partial charge in [0, 0.05) is 12.1 Å². The fourth-order valence-corrected chi connectivity index (χ4v) is 3.01. The summed E-state index contributed by atoms with van der Waals surface area (Å²) >= 11 is 0. The van der Waals surface area contributed by atoms with Crippen LogP contribution in [0.2, 0.25) is 0 Å². The van der Waals surface area contributed by atoms with E-state index in [1.165, 1.54) is 28.7 Å². The van der Waals surface area contributed by atoms with E-state index in [0.29, 0.717) is 17.5 Å². The lowest BCUT2D eigenvalue weighted by molar-refractivity contribution is 0.489. The fraction of sp³-hybridized carbons (Fsp3) is 0.625. The van der Waals surface area contributed by atoms with Crippen molar-refractivity contribution in [3.05, 3.63) is 34.4 Å². The first-order chi connectivity index (χ1) is 7.81. The molecule has 1 aliphatic rings. The third kappa shape index (κ3) is 2.55. The van der Waals surface area contributed by atoms with E-state index in [1.807, 2.05) is 0 Å². The summed E-state index contributed by atoms with van der Waals surface area (Å²) in [6, 6.07) is 5.73. The number of hydrogen-bond donors (Lipinski definition) is 1. The third-order valence-corrected chi connectivity index (χ3v) is 4.14. The van der Waals surface area contributed by atoms with Gasteiger partial charge in [-0.05, 0) is 56.2 Å². The molecule has 0 amide bonds. The zero-order valence-corrected chi connectivity index (χ0v) is 12.0. The quantitative estimate of drug-likeness (QED) is 0.827. The van der Waals surface area contributed by atoms with Crippen molar-refractivity contribution in [1.82, 2.24) is 5.32 Å². The van der Waals surface area contributed by atoms with Crippen molar-refractivity contribution in [2.75, 3.05) is 0 Å². The lowest BCUT2D eigenvalue weighted by Gasteiger charge is -2.20. The first-order valence-corrected chi connectivity index (χ1v) is 6.65. The van der Waals surface area contributed by atoms with Gasteiger partial charge in [0.05, 0.1) is 0 Å². The molecule has 94 valence electrons. The van der Waals surface area contributed by atoms with Crippen molar-refractivity contribution in [2.45, 2.75) is 60.0 Å². The van der Waals surface area contributed by atoms with Crippen molar-refractivity contribution in [1.29, 1.82) is 0 Å². The second-order valence-electron chi connectivity index (χ2n) is 6.45. The van der Waals surface area contributed by atoms with Crippen LogP contribution in [0.15, 0.2) is 12.1 Å². The number of hydrogen-bond acceptors (Lipinski definition) is 1. The molecule has 1 saturated carbocycles. The lowest BCUT2D eigenvalue weighted by Crippen LogP contribution is -2.25. The highest BCUT2D eigenvalue weighted by molar-refractivity contribution is 5.39. The van der Waals surface area contributed by atoms with Crippen LogP contribution < -0.4 is 5.32 Å². The SMILES string of the molecule is Cc1cc(C)c(C(C)NC2CC2(C)C)c(C)c1. The van der Waals surface area contributed by atoms with Crippen molar-refractivity contribution in [3.8, 4) is 0 Å². The number of aryl methyl sites for hydroxylation is 3. The molecule has 0 saturated heterocycles. The maximum absolute atomic E-state index is 3.76. The van der Waals surface area contributed by atoms with Crippen LogP contribution in [0.3, 0.4) is 0 Å². The van der Waals surface area contributed by atoms with E-state index >= 15 is 0 Å². The Bertz CT molecular complexity index is 408. The molecule has 1 heteroatoms. The van der Waals surface area contributed by atoms with Crippen LogP contribution >= 0.6 is 0 Å². The van der Waals surface area contributed by atoms with Crippen LogP contribution in [-0.2, 0) is 0 Å². The lowest BCUT2D eigenvalue weighted by atomic mass is 9.94. The van der Waals surface area contributed by atoms with Crippen LogP contribution in [0, 0.1) is 26.2 Å². The van der Waals surface area contributed by atoms with E-state index in [2.05, 4.69) is 59.0 Å². The molecule has 0 aromatic heterocycles. The van der Waals surface area contributed by atoms with E-state index in [9.17, 15) is 0 Å². The summed E-state index contributed by atoms with van der Waals surface area (Å²) in [5, 5.41) is 3.76. The fourth-order valence-electron chi connectivity index (χ4n) is 3.01. The van der Waals surface area contributed by atoms with Gasteiger partial charge < -0.3 is 5.32 Å². The molecule has 0 spiro atoms. The number of benzene rings is 1. The molecule has 1 aromatic carbocycles. The Balaban J connectivity index is 2.17. The molecule has 17 heavy (non-hydrogen) atoms. The Hall–Kier alpha value is -0.820. The Labute approximate surface area is 106 Å². The molecule has 1 aromatic rings. The maximum Gasteiger partial charge on any atom is 0.0299 e. The van der Waals surface area contributed by atoms with E-state index < -0.39 is 0 Å². The van der Waals surface area contributed by atoms with Crippen LogP contribution in [0.5, 0.6) is 0 Å². The van der Waals surface area contributed by atoms with Gasteiger partial charge in [-0.3, -0.25) is 0 Å². The highest BCUT2D eigenvalue weighted by Gasteiger charge is 2.46. The van der Waals surface area contributed by atoms with Gasteiger partial charge in [0.1, 0.15) is 0 Å². The zero-order chi connectivity index (χ0) is 12.8. The summed E-state index contributed by atoms with van der Waals surface area (Å²) in [7, 11) is 0. The minimum absolute atomic E-state index is 0.461. The van der Waals surface area contributed by atoms with Crippen molar-refractivity contribution in [3.63, 3.8) is 0 Å². The first-order valence-electron chi connectivity index (χ1n) is 6.65. The van der Waals surface area contributed by atoms with Crippen LogP contribution in [0.1, 0.15) is 55.5 Å². The molecule has 0 radical (unpaired) electrons. The van der Waals surface area contributed by atoms with E-state index in [-0.39, 0.29) is 0 Å². The summed E-state index contributed by atoms with van der Waals surface area (Å²) in [4.78, 5) is 0. The minimum Gasteiger partial charge on any atom is -0.307 e. The van der Waals surface area contributed by atoms with Gasteiger partial charge in [-0.25, -0.2) is 0 Å². The van der Waals surface area contributed by atoms with Crippen LogP contribution in [0.25, 0.3) is 0 Å². The molecule has 0 aliphatic heterocycles. The number of rotatable bonds is 3. The monoisotopic (exact) mass is 231 g/mol. The predicted octanol–water partition coefficient (Wildman–Crippen LogP) is 4.06. The first kappa shape index (κ1) is 12.6. The second-order valence-corrected chi connectivity index (χ2v) is 6.45. The summed E-state index contributed by atoms with van der Waals surface area (Å²) in [5.74, 6) is 0.